The van der Waals surface area contributed by atoms with Crippen LogP contribution in [0.3, 0.4) is 0 Å². The van der Waals surface area contributed by atoms with Crippen LogP contribution in [0.5, 0.6) is 0 Å². The minimum Gasteiger partial charge on any atom is -0.383 e. The lowest BCUT2D eigenvalue weighted by Crippen LogP contribution is -2.33. The molecule has 0 aliphatic carbocycles. The summed E-state index contributed by atoms with van der Waals surface area (Å²) in [6.07, 6.45) is 0. The fraction of sp³-hybridized carbons (Fsp3) is 0.333. The van der Waals surface area contributed by atoms with Gasteiger partial charge in [-0.25, -0.2) is 0 Å². The maximum Gasteiger partial charge on any atom is 0.288 e. The summed E-state index contributed by atoms with van der Waals surface area (Å²) in [7, 11) is 0. The SMILES string of the molecule is Cc1cccc(NCCN2C(=O)CSC2=O)c1. The largest absolute Gasteiger partial charge is 0.383 e. The zero-order chi connectivity index (χ0) is 12.3. The molecule has 1 aromatic carbocycles. The van der Waals surface area contributed by atoms with E-state index in [-0.39, 0.29) is 16.9 Å². The summed E-state index contributed by atoms with van der Waals surface area (Å²) in [6.45, 7) is 3.04. The van der Waals surface area contributed by atoms with E-state index in [1.54, 1.807) is 0 Å². The topological polar surface area (TPSA) is 49.4 Å². The predicted octanol–water partition coefficient (Wildman–Crippen LogP) is 2.10. The molecule has 1 aliphatic heterocycles. The number of hydrogen-bond acceptors (Lipinski definition) is 4. The summed E-state index contributed by atoms with van der Waals surface area (Å²) in [5.74, 6) is 0.189. The first-order valence-electron chi connectivity index (χ1n) is 5.44. The van der Waals surface area contributed by atoms with Gasteiger partial charge in [0.2, 0.25) is 5.91 Å². The van der Waals surface area contributed by atoms with E-state index in [0.717, 1.165) is 17.4 Å². The normalized spacial score (nSPS) is 15.5. The molecule has 1 N–H and O–H groups in total. The number of thioether (sulfide) groups is 1. The molecule has 2 amide bonds. The lowest BCUT2D eigenvalue weighted by molar-refractivity contribution is -0.124. The van der Waals surface area contributed by atoms with Crippen LogP contribution in [0.2, 0.25) is 0 Å². The summed E-state index contributed by atoms with van der Waals surface area (Å²) in [5, 5.41) is 3.06. The molecular weight excluding hydrogens is 236 g/mol. The Morgan fingerprint density at radius 1 is 1.41 bits per heavy atom. The van der Waals surface area contributed by atoms with Crippen LogP contribution in [-0.2, 0) is 4.79 Å². The molecule has 17 heavy (non-hydrogen) atoms. The van der Waals surface area contributed by atoms with Gasteiger partial charge in [-0.3, -0.25) is 14.5 Å². The number of nitrogens with one attached hydrogen (secondary N) is 1. The molecule has 0 saturated carbocycles. The van der Waals surface area contributed by atoms with Gasteiger partial charge in [0.05, 0.1) is 5.75 Å². The molecular formula is C12H14N2O2S. The van der Waals surface area contributed by atoms with Crippen molar-refractivity contribution in [3.05, 3.63) is 29.8 Å². The van der Waals surface area contributed by atoms with Gasteiger partial charge in [0.15, 0.2) is 0 Å². The Morgan fingerprint density at radius 3 is 2.88 bits per heavy atom. The molecule has 5 heteroatoms. The maximum atomic E-state index is 11.3. The highest BCUT2D eigenvalue weighted by molar-refractivity contribution is 8.14. The molecule has 1 fully saturated rings. The second kappa shape index (κ2) is 5.23. The number of carbonyl (C=O) groups excluding carboxylic acids is 2. The third-order valence-electron chi connectivity index (χ3n) is 2.52. The Kier molecular flexibility index (Phi) is 3.68. The Morgan fingerprint density at radius 2 is 2.24 bits per heavy atom. The van der Waals surface area contributed by atoms with Crippen LogP contribution in [0.1, 0.15) is 5.56 Å². The fourth-order valence-corrected chi connectivity index (χ4v) is 2.42. The van der Waals surface area contributed by atoms with Crippen molar-refractivity contribution >= 4 is 28.6 Å². The number of amides is 2. The van der Waals surface area contributed by atoms with Crippen molar-refractivity contribution in [2.24, 2.45) is 0 Å². The standard InChI is InChI=1S/C12H14N2O2S/c1-9-3-2-4-10(7-9)13-5-6-14-11(15)8-17-12(14)16/h2-4,7,13H,5-6,8H2,1H3. The number of rotatable bonds is 4. The zero-order valence-electron chi connectivity index (χ0n) is 9.60. The summed E-state index contributed by atoms with van der Waals surface area (Å²) in [5.41, 5.74) is 2.19. The van der Waals surface area contributed by atoms with Crippen molar-refractivity contribution < 1.29 is 9.59 Å². The number of imide groups is 1. The van der Waals surface area contributed by atoms with Gasteiger partial charge in [-0.15, -0.1) is 0 Å². The van der Waals surface area contributed by atoms with Gasteiger partial charge in [0.1, 0.15) is 0 Å². The molecule has 1 saturated heterocycles. The van der Waals surface area contributed by atoms with Gasteiger partial charge in [0.25, 0.3) is 5.24 Å². The van der Waals surface area contributed by atoms with E-state index >= 15 is 0 Å². The number of nitrogens with zero attached hydrogens (tertiary/aromatic N) is 1. The highest BCUT2D eigenvalue weighted by atomic mass is 32.2. The van der Waals surface area contributed by atoms with Crippen molar-refractivity contribution in [2.75, 3.05) is 24.2 Å². The van der Waals surface area contributed by atoms with Gasteiger partial charge in [-0.2, -0.15) is 0 Å². The highest BCUT2D eigenvalue weighted by Crippen LogP contribution is 2.18. The molecule has 4 nitrogen and oxygen atoms in total. The molecule has 2 rings (SSSR count). The quantitative estimate of drug-likeness (QED) is 0.889. The van der Waals surface area contributed by atoms with Crippen LogP contribution >= 0.6 is 11.8 Å². The molecule has 1 heterocycles. The Labute approximate surface area is 104 Å². The first-order chi connectivity index (χ1) is 8.16. The molecule has 0 radical (unpaired) electrons. The third kappa shape index (κ3) is 3.00. The van der Waals surface area contributed by atoms with E-state index in [0.29, 0.717) is 13.1 Å². The van der Waals surface area contributed by atoms with Crippen molar-refractivity contribution in [3.63, 3.8) is 0 Å². The maximum absolute atomic E-state index is 11.3. The number of carbonyl (C=O) groups is 2. The monoisotopic (exact) mass is 250 g/mol. The van der Waals surface area contributed by atoms with Crippen molar-refractivity contribution in [3.8, 4) is 0 Å². The van der Waals surface area contributed by atoms with E-state index in [4.69, 9.17) is 0 Å². The highest BCUT2D eigenvalue weighted by Gasteiger charge is 2.28. The average molecular weight is 250 g/mol. The molecule has 0 spiro atoms. The summed E-state index contributed by atoms with van der Waals surface area (Å²) in [6, 6.07) is 7.99. The molecule has 0 bridgehead atoms. The molecule has 0 aromatic heterocycles. The molecule has 0 atom stereocenters. The lowest BCUT2D eigenvalue weighted by atomic mass is 10.2. The number of benzene rings is 1. The summed E-state index contributed by atoms with van der Waals surface area (Å²) in [4.78, 5) is 24.0. The Hall–Kier alpha value is -1.49. The Balaban J connectivity index is 1.83. The number of hydrogen-bond donors (Lipinski definition) is 1. The first kappa shape index (κ1) is 12.0. The smallest absolute Gasteiger partial charge is 0.288 e. The molecule has 1 aromatic rings. The van der Waals surface area contributed by atoms with Gasteiger partial charge in [-0.05, 0) is 24.6 Å². The van der Waals surface area contributed by atoms with E-state index in [1.807, 2.05) is 31.2 Å². The van der Waals surface area contributed by atoms with Gasteiger partial charge >= 0.3 is 0 Å². The van der Waals surface area contributed by atoms with Crippen LogP contribution in [0.25, 0.3) is 0 Å². The predicted molar refractivity (Wildman–Crippen MR) is 69.2 cm³/mol. The second-order valence-corrected chi connectivity index (χ2v) is 4.82. The van der Waals surface area contributed by atoms with Crippen molar-refractivity contribution in [2.45, 2.75) is 6.92 Å². The number of anilines is 1. The molecule has 1 aliphatic rings. The first-order valence-corrected chi connectivity index (χ1v) is 6.43. The minimum absolute atomic E-state index is 0.0916. The summed E-state index contributed by atoms with van der Waals surface area (Å²) >= 11 is 1.07. The van der Waals surface area contributed by atoms with Crippen LogP contribution in [0.15, 0.2) is 24.3 Å². The molecule has 90 valence electrons. The third-order valence-corrected chi connectivity index (χ3v) is 3.38. The van der Waals surface area contributed by atoms with Gasteiger partial charge < -0.3 is 5.32 Å². The van der Waals surface area contributed by atoms with Crippen LogP contribution in [0.4, 0.5) is 10.5 Å². The average Bonchev–Trinajstić information content (AvgIpc) is 2.61. The van der Waals surface area contributed by atoms with Gasteiger partial charge in [0, 0.05) is 18.8 Å². The van der Waals surface area contributed by atoms with E-state index in [1.165, 1.54) is 10.5 Å². The lowest BCUT2D eigenvalue weighted by Gasteiger charge is -2.13. The number of aryl methyl sites for hydroxylation is 1. The second-order valence-electron chi connectivity index (χ2n) is 3.90. The van der Waals surface area contributed by atoms with Crippen molar-refractivity contribution in [1.29, 1.82) is 0 Å². The van der Waals surface area contributed by atoms with Crippen LogP contribution in [-0.4, -0.2) is 34.9 Å². The van der Waals surface area contributed by atoms with Crippen LogP contribution < -0.4 is 5.32 Å². The minimum atomic E-state index is -0.138. The van der Waals surface area contributed by atoms with Crippen LogP contribution in [0, 0.1) is 6.92 Å². The summed E-state index contributed by atoms with van der Waals surface area (Å²) < 4.78 is 0. The molecule has 0 unspecified atom stereocenters. The zero-order valence-corrected chi connectivity index (χ0v) is 10.4. The van der Waals surface area contributed by atoms with Crippen molar-refractivity contribution in [1.82, 2.24) is 4.90 Å². The van der Waals surface area contributed by atoms with E-state index in [2.05, 4.69) is 5.32 Å². The Bertz CT molecular complexity index is 432. The fourth-order valence-electron chi connectivity index (χ4n) is 1.66. The van der Waals surface area contributed by atoms with E-state index < -0.39 is 0 Å². The van der Waals surface area contributed by atoms with Gasteiger partial charge in [-0.1, -0.05) is 23.9 Å². The van der Waals surface area contributed by atoms with E-state index in [9.17, 15) is 9.59 Å².